The van der Waals surface area contributed by atoms with E-state index in [0.29, 0.717) is 21.3 Å². The van der Waals surface area contributed by atoms with Crippen LogP contribution < -0.4 is 10.7 Å². The van der Waals surface area contributed by atoms with Crippen LogP contribution in [0.25, 0.3) is 0 Å². The number of carbonyl (C=O) groups excluding carboxylic acids is 2. The average Bonchev–Trinajstić information content (AvgIpc) is 2.54. The first-order valence-corrected chi connectivity index (χ1v) is 7.93. The molecule has 0 fully saturated rings. The fourth-order valence-corrected chi connectivity index (χ4v) is 2.25. The first-order valence-electron chi connectivity index (χ1n) is 6.42. The van der Waals surface area contributed by atoms with Crippen LogP contribution in [-0.2, 0) is 9.59 Å². The van der Waals surface area contributed by atoms with Crippen LogP contribution >= 0.6 is 46.4 Å². The van der Waals surface area contributed by atoms with E-state index in [1.54, 1.807) is 18.2 Å². The zero-order chi connectivity index (χ0) is 17.7. The van der Waals surface area contributed by atoms with Crippen molar-refractivity contribution >= 4 is 70.1 Å². The minimum atomic E-state index is -0.963. The number of halogens is 4. The van der Waals surface area contributed by atoms with E-state index in [-0.39, 0.29) is 10.0 Å². The maximum atomic E-state index is 11.8. The molecule has 0 unspecified atom stereocenters. The summed E-state index contributed by atoms with van der Waals surface area (Å²) in [6, 6.07) is 9.37. The summed E-state index contributed by atoms with van der Waals surface area (Å²) in [4.78, 5) is 23.4. The van der Waals surface area contributed by atoms with Crippen LogP contribution in [0.5, 0.6) is 0 Å². The molecule has 0 atom stereocenters. The Balaban J connectivity index is 1.96. The SMILES string of the molecule is O=C(N/N=C/c1cccc(Cl)c1Cl)C(=O)Nc1ccc(Cl)c(Cl)c1. The zero-order valence-corrected chi connectivity index (χ0v) is 14.8. The van der Waals surface area contributed by atoms with Gasteiger partial charge < -0.3 is 5.32 Å². The van der Waals surface area contributed by atoms with Gasteiger partial charge in [0.2, 0.25) is 0 Å². The highest BCUT2D eigenvalue weighted by atomic mass is 35.5. The van der Waals surface area contributed by atoms with Crippen LogP contribution in [0.15, 0.2) is 41.5 Å². The van der Waals surface area contributed by atoms with Gasteiger partial charge in [0.15, 0.2) is 0 Å². The molecule has 9 heteroatoms. The van der Waals surface area contributed by atoms with Gasteiger partial charge in [-0.2, -0.15) is 5.10 Å². The number of hydrazone groups is 1. The second-order valence-corrected chi connectivity index (χ2v) is 6.02. The summed E-state index contributed by atoms with van der Waals surface area (Å²) in [6.45, 7) is 0. The Kier molecular flexibility index (Phi) is 6.45. The van der Waals surface area contributed by atoms with Crippen LogP contribution in [0.2, 0.25) is 20.1 Å². The lowest BCUT2D eigenvalue weighted by molar-refractivity contribution is -0.136. The quantitative estimate of drug-likeness (QED) is 0.452. The molecule has 124 valence electrons. The number of carbonyl (C=O) groups is 2. The lowest BCUT2D eigenvalue weighted by Crippen LogP contribution is -2.32. The van der Waals surface area contributed by atoms with Gasteiger partial charge in [0.25, 0.3) is 0 Å². The van der Waals surface area contributed by atoms with Gasteiger partial charge in [-0.1, -0.05) is 58.5 Å². The van der Waals surface area contributed by atoms with Crippen LogP contribution in [0, 0.1) is 0 Å². The summed E-state index contributed by atoms with van der Waals surface area (Å²) in [7, 11) is 0. The monoisotopic (exact) mass is 403 g/mol. The van der Waals surface area contributed by atoms with Gasteiger partial charge in [-0.25, -0.2) is 5.43 Å². The largest absolute Gasteiger partial charge is 0.329 e. The van der Waals surface area contributed by atoms with Crippen molar-refractivity contribution in [1.82, 2.24) is 5.43 Å². The van der Waals surface area contributed by atoms with Crippen molar-refractivity contribution in [3.63, 3.8) is 0 Å². The highest BCUT2D eigenvalue weighted by Gasteiger charge is 2.13. The molecule has 0 aliphatic heterocycles. The summed E-state index contributed by atoms with van der Waals surface area (Å²) in [5.41, 5.74) is 2.90. The van der Waals surface area contributed by atoms with Crippen molar-refractivity contribution in [3.05, 3.63) is 62.1 Å². The Morgan fingerprint density at radius 2 is 1.67 bits per heavy atom. The molecule has 0 heterocycles. The molecule has 5 nitrogen and oxygen atoms in total. The van der Waals surface area contributed by atoms with Gasteiger partial charge in [0, 0.05) is 11.3 Å². The van der Waals surface area contributed by atoms with Crippen molar-refractivity contribution < 1.29 is 9.59 Å². The third kappa shape index (κ3) is 4.85. The molecule has 0 aliphatic rings. The van der Waals surface area contributed by atoms with Crippen molar-refractivity contribution in [1.29, 1.82) is 0 Å². The Bertz CT molecular complexity index is 824. The fraction of sp³-hybridized carbons (Fsp3) is 0. The van der Waals surface area contributed by atoms with Crippen LogP contribution in [-0.4, -0.2) is 18.0 Å². The number of hydrogen-bond acceptors (Lipinski definition) is 3. The van der Waals surface area contributed by atoms with Crippen LogP contribution in [0.1, 0.15) is 5.56 Å². The second kappa shape index (κ2) is 8.35. The van der Waals surface area contributed by atoms with Gasteiger partial charge >= 0.3 is 11.8 Å². The van der Waals surface area contributed by atoms with Gasteiger partial charge in [0.05, 0.1) is 26.3 Å². The van der Waals surface area contributed by atoms with E-state index in [1.165, 1.54) is 24.4 Å². The first-order chi connectivity index (χ1) is 11.4. The smallest absolute Gasteiger partial charge is 0.318 e. The molecule has 0 spiro atoms. The van der Waals surface area contributed by atoms with E-state index in [9.17, 15) is 9.59 Å². The second-order valence-electron chi connectivity index (χ2n) is 4.43. The third-order valence-electron chi connectivity index (χ3n) is 2.73. The summed E-state index contributed by atoms with van der Waals surface area (Å²) >= 11 is 23.4. The number of nitrogens with one attached hydrogen (secondary N) is 2. The number of amides is 2. The standard InChI is InChI=1S/C15H9Cl4N3O2/c16-10-5-4-9(6-12(10)18)21-14(23)15(24)22-20-7-8-2-1-3-11(17)13(8)19/h1-7H,(H,21,23)(H,22,24)/b20-7+. The van der Waals surface area contributed by atoms with Gasteiger partial charge in [-0.3, -0.25) is 9.59 Å². The minimum absolute atomic E-state index is 0.253. The van der Waals surface area contributed by atoms with Crippen molar-refractivity contribution in [2.45, 2.75) is 0 Å². The molecule has 24 heavy (non-hydrogen) atoms. The molecule has 0 saturated carbocycles. The predicted octanol–water partition coefficient (Wildman–Crippen LogP) is 4.39. The highest BCUT2D eigenvalue weighted by molar-refractivity contribution is 6.44. The number of anilines is 1. The molecular formula is C15H9Cl4N3O2. The minimum Gasteiger partial charge on any atom is -0.318 e. The number of hydrogen-bond donors (Lipinski definition) is 2. The molecule has 2 N–H and O–H groups in total. The third-order valence-corrected chi connectivity index (χ3v) is 4.31. The van der Waals surface area contributed by atoms with E-state index in [2.05, 4.69) is 15.8 Å². The zero-order valence-electron chi connectivity index (χ0n) is 11.8. The molecule has 2 amide bonds. The molecule has 0 aromatic heterocycles. The lowest BCUT2D eigenvalue weighted by atomic mass is 10.2. The van der Waals surface area contributed by atoms with E-state index in [1.807, 2.05) is 0 Å². The van der Waals surface area contributed by atoms with E-state index >= 15 is 0 Å². The molecular weight excluding hydrogens is 396 g/mol. The number of benzene rings is 2. The molecule has 0 saturated heterocycles. The van der Waals surface area contributed by atoms with Crippen LogP contribution in [0.3, 0.4) is 0 Å². The summed E-state index contributed by atoms with van der Waals surface area (Å²) in [5, 5.41) is 7.26. The summed E-state index contributed by atoms with van der Waals surface area (Å²) < 4.78 is 0. The Morgan fingerprint density at radius 1 is 0.917 bits per heavy atom. The normalized spacial score (nSPS) is 10.7. The first kappa shape index (κ1) is 18.5. The number of nitrogens with zero attached hydrogens (tertiary/aromatic N) is 1. The molecule has 2 aromatic rings. The fourth-order valence-electron chi connectivity index (χ4n) is 1.59. The molecule has 0 bridgehead atoms. The predicted molar refractivity (Wildman–Crippen MR) is 97.3 cm³/mol. The molecule has 0 aliphatic carbocycles. The Labute approximate surface area is 157 Å². The maximum absolute atomic E-state index is 11.8. The summed E-state index contributed by atoms with van der Waals surface area (Å²) in [6.07, 6.45) is 1.28. The van der Waals surface area contributed by atoms with E-state index < -0.39 is 11.8 Å². The maximum Gasteiger partial charge on any atom is 0.329 e. The van der Waals surface area contributed by atoms with Crippen molar-refractivity contribution in [3.8, 4) is 0 Å². The van der Waals surface area contributed by atoms with Crippen LogP contribution in [0.4, 0.5) is 5.69 Å². The average molecular weight is 405 g/mol. The topological polar surface area (TPSA) is 70.6 Å². The van der Waals surface area contributed by atoms with Crippen molar-refractivity contribution in [2.24, 2.45) is 5.10 Å². The molecule has 2 aromatic carbocycles. The van der Waals surface area contributed by atoms with Gasteiger partial charge in [0.1, 0.15) is 0 Å². The number of rotatable bonds is 3. The highest BCUT2D eigenvalue weighted by Crippen LogP contribution is 2.25. The van der Waals surface area contributed by atoms with E-state index in [0.717, 1.165) is 0 Å². The van der Waals surface area contributed by atoms with Crippen molar-refractivity contribution in [2.75, 3.05) is 5.32 Å². The summed E-state index contributed by atoms with van der Waals surface area (Å²) in [5.74, 6) is -1.88. The molecule has 2 rings (SSSR count). The van der Waals surface area contributed by atoms with Gasteiger partial charge in [-0.05, 0) is 24.3 Å². The van der Waals surface area contributed by atoms with E-state index in [4.69, 9.17) is 46.4 Å². The Morgan fingerprint density at radius 3 is 2.38 bits per heavy atom. The van der Waals surface area contributed by atoms with Gasteiger partial charge in [-0.15, -0.1) is 0 Å². The lowest BCUT2D eigenvalue weighted by Gasteiger charge is -2.05. The molecule has 0 radical (unpaired) electrons. The Hall–Kier alpha value is -1.79.